The van der Waals surface area contributed by atoms with E-state index in [9.17, 15) is 10.5 Å². The predicted octanol–water partition coefficient (Wildman–Crippen LogP) is 4.12. The molecule has 2 N–H and O–H groups in total. The van der Waals surface area contributed by atoms with Crippen LogP contribution in [0, 0.1) is 28.1 Å². The molecule has 0 radical (unpaired) electrons. The first-order valence-corrected chi connectivity index (χ1v) is 8.90. The standard InChI is InChI=1S/C21H25N3O3/c1-6-25-16-9-8-13(10-17(16)26-7-2)18-14(11-22)19(21(3,4)5)27-20(24)15(18)12-23/h8-10,18H,6-7,24H2,1-5H3/t18-/m0/s1. The molecule has 1 heterocycles. The number of nitrogens with two attached hydrogens (primary N) is 1. The van der Waals surface area contributed by atoms with Gasteiger partial charge in [-0.15, -0.1) is 0 Å². The lowest BCUT2D eigenvalue weighted by molar-refractivity contribution is 0.199. The van der Waals surface area contributed by atoms with Crippen molar-refractivity contribution in [3.63, 3.8) is 0 Å². The smallest absolute Gasteiger partial charge is 0.205 e. The molecule has 0 saturated heterocycles. The van der Waals surface area contributed by atoms with Crippen LogP contribution >= 0.6 is 0 Å². The maximum Gasteiger partial charge on any atom is 0.205 e. The number of hydrogen-bond donors (Lipinski definition) is 1. The summed E-state index contributed by atoms with van der Waals surface area (Å²) in [6.45, 7) is 10.6. The van der Waals surface area contributed by atoms with Gasteiger partial charge in [-0.25, -0.2) is 0 Å². The van der Waals surface area contributed by atoms with Crippen LogP contribution in [0.1, 0.15) is 46.1 Å². The number of ether oxygens (including phenoxy) is 3. The summed E-state index contributed by atoms with van der Waals surface area (Å²) in [4.78, 5) is 0. The van der Waals surface area contributed by atoms with E-state index in [0.717, 1.165) is 5.56 Å². The minimum absolute atomic E-state index is 0.0262. The topological polar surface area (TPSA) is 101 Å². The van der Waals surface area contributed by atoms with Crippen molar-refractivity contribution >= 4 is 0 Å². The molecule has 1 atom stereocenters. The number of allylic oxidation sites excluding steroid dienone is 3. The van der Waals surface area contributed by atoms with Crippen LogP contribution in [0.3, 0.4) is 0 Å². The second-order valence-electron chi connectivity index (χ2n) is 7.10. The van der Waals surface area contributed by atoms with E-state index >= 15 is 0 Å². The average molecular weight is 367 g/mol. The fourth-order valence-electron chi connectivity index (χ4n) is 3.01. The monoisotopic (exact) mass is 367 g/mol. The highest BCUT2D eigenvalue weighted by Gasteiger charge is 2.37. The fourth-order valence-corrected chi connectivity index (χ4v) is 3.01. The molecule has 1 aromatic rings. The summed E-state index contributed by atoms with van der Waals surface area (Å²) in [6, 6.07) is 9.74. The van der Waals surface area contributed by atoms with Gasteiger partial charge in [0.25, 0.3) is 0 Å². The molecule has 0 unspecified atom stereocenters. The van der Waals surface area contributed by atoms with Crippen LogP contribution in [0.15, 0.2) is 41.0 Å². The number of rotatable bonds is 5. The zero-order chi connectivity index (χ0) is 20.2. The molecule has 27 heavy (non-hydrogen) atoms. The van der Waals surface area contributed by atoms with Crippen molar-refractivity contribution in [2.24, 2.45) is 11.1 Å². The third-order valence-corrected chi connectivity index (χ3v) is 4.12. The fraction of sp³-hybridized carbons (Fsp3) is 0.429. The quantitative estimate of drug-likeness (QED) is 0.840. The van der Waals surface area contributed by atoms with Crippen molar-refractivity contribution in [2.45, 2.75) is 40.5 Å². The summed E-state index contributed by atoms with van der Waals surface area (Å²) in [5.74, 6) is 1.06. The molecule has 0 aliphatic carbocycles. The van der Waals surface area contributed by atoms with Crippen LogP contribution in [0.2, 0.25) is 0 Å². The Hall–Kier alpha value is -3.12. The third kappa shape index (κ3) is 4.01. The lowest BCUT2D eigenvalue weighted by atomic mass is 9.79. The average Bonchev–Trinajstić information content (AvgIpc) is 2.62. The number of benzene rings is 1. The Kier molecular flexibility index (Phi) is 6.02. The van der Waals surface area contributed by atoms with Gasteiger partial charge < -0.3 is 19.9 Å². The van der Waals surface area contributed by atoms with Crippen LogP contribution in [0.25, 0.3) is 0 Å². The van der Waals surface area contributed by atoms with Gasteiger partial charge in [0.15, 0.2) is 11.5 Å². The van der Waals surface area contributed by atoms with E-state index in [1.165, 1.54) is 0 Å². The zero-order valence-corrected chi connectivity index (χ0v) is 16.4. The lowest BCUT2D eigenvalue weighted by Crippen LogP contribution is -2.26. The van der Waals surface area contributed by atoms with Crippen molar-refractivity contribution in [3.05, 3.63) is 46.6 Å². The Morgan fingerprint density at radius 3 is 2.15 bits per heavy atom. The van der Waals surface area contributed by atoms with Gasteiger partial charge in [-0.05, 0) is 31.5 Å². The number of hydrogen-bond acceptors (Lipinski definition) is 6. The molecule has 6 heteroatoms. The van der Waals surface area contributed by atoms with Crippen molar-refractivity contribution in [1.82, 2.24) is 0 Å². The maximum atomic E-state index is 9.85. The molecular formula is C21H25N3O3. The Morgan fingerprint density at radius 2 is 1.63 bits per heavy atom. The van der Waals surface area contributed by atoms with Crippen LogP contribution in [-0.2, 0) is 4.74 Å². The summed E-state index contributed by atoms with van der Waals surface area (Å²) >= 11 is 0. The highest BCUT2D eigenvalue weighted by atomic mass is 16.5. The molecule has 0 spiro atoms. The predicted molar refractivity (Wildman–Crippen MR) is 102 cm³/mol. The van der Waals surface area contributed by atoms with E-state index in [4.69, 9.17) is 19.9 Å². The van der Waals surface area contributed by atoms with Gasteiger partial charge in [0.1, 0.15) is 17.4 Å². The molecule has 6 nitrogen and oxygen atoms in total. The zero-order valence-electron chi connectivity index (χ0n) is 16.4. The Balaban J connectivity index is 2.69. The first kappa shape index (κ1) is 20.2. The van der Waals surface area contributed by atoms with Crippen LogP contribution in [0.4, 0.5) is 0 Å². The summed E-state index contributed by atoms with van der Waals surface area (Å²) in [5, 5.41) is 19.5. The lowest BCUT2D eigenvalue weighted by Gasteiger charge is -2.32. The van der Waals surface area contributed by atoms with Gasteiger partial charge in [-0.3, -0.25) is 0 Å². The summed E-state index contributed by atoms with van der Waals surface area (Å²) in [6.07, 6.45) is 0. The van der Waals surface area contributed by atoms with Crippen LogP contribution in [-0.4, -0.2) is 13.2 Å². The van der Waals surface area contributed by atoms with Gasteiger partial charge in [0, 0.05) is 5.41 Å². The second-order valence-corrected chi connectivity index (χ2v) is 7.10. The van der Waals surface area contributed by atoms with E-state index in [1.807, 2.05) is 40.7 Å². The summed E-state index contributed by atoms with van der Waals surface area (Å²) in [7, 11) is 0. The molecule has 2 rings (SSSR count). The molecule has 0 fully saturated rings. The number of nitrogens with zero attached hydrogens (tertiary/aromatic N) is 2. The molecule has 1 aromatic carbocycles. The number of nitriles is 2. The maximum absolute atomic E-state index is 9.85. The first-order valence-electron chi connectivity index (χ1n) is 8.90. The van der Waals surface area contributed by atoms with Gasteiger partial charge in [0.2, 0.25) is 5.88 Å². The molecule has 0 amide bonds. The highest BCUT2D eigenvalue weighted by Crippen LogP contribution is 2.45. The Labute approximate surface area is 160 Å². The van der Waals surface area contributed by atoms with Gasteiger partial charge in [-0.1, -0.05) is 26.8 Å². The highest BCUT2D eigenvalue weighted by molar-refractivity contribution is 5.56. The summed E-state index contributed by atoms with van der Waals surface area (Å²) in [5.41, 5.74) is 6.90. The Bertz CT molecular complexity index is 864. The van der Waals surface area contributed by atoms with E-state index in [-0.39, 0.29) is 11.5 Å². The molecule has 1 aliphatic heterocycles. The second kappa shape index (κ2) is 8.05. The minimum atomic E-state index is -0.613. The molecular weight excluding hydrogens is 342 g/mol. The first-order chi connectivity index (χ1) is 12.8. The normalized spacial score (nSPS) is 17.1. The van der Waals surface area contributed by atoms with Crippen LogP contribution < -0.4 is 15.2 Å². The van der Waals surface area contributed by atoms with Gasteiger partial charge in [-0.2, -0.15) is 10.5 Å². The molecule has 0 saturated carbocycles. The molecule has 0 aromatic heterocycles. The summed E-state index contributed by atoms with van der Waals surface area (Å²) < 4.78 is 17.0. The SMILES string of the molecule is CCOc1ccc([C@@H]2C(C#N)=C(N)OC(C(C)(C)C)=C2C#N)cc1OCC. The molecule has 1 aliphatic rings. The van der Waals surface area contributed by atoms with E-state index in [0.29, 0.717) is 36.0 Å². The largest absolute Gasteiger partial charge is 0.490 e. The molecule has 142 valence electrons. The van der Waals surface area contributed by atoms with Gasteiger partial charge >= 0.3 is 0 Å². The van der Waals surface area contributed by atoms with Crippen molar-refractivity contribution in [1.29, 1.82) is 10.5 Å². The van der Waals surface area contributed by atoms with Gasteiger partial charge in [0.05, 0.1) is 30.8 Å². The third-order valence-electron chi connectivity index (χ3n) is 4.12. The van der Waals surface area contributed by atoms with E-state index in [2.05, 4.69) is 12.1 Å². The van der Waals surface area contributed by atoms with E-state index < -0.39 is 11.3 Å². The Morgan fingerprint density at radius 1 is 1.04 bits per heavy atom. The minimum Gasteiger partial charge on any atom is -0.490 e. The van der Waals surface area contributed by atoms with Crippen molar-refractivity contribution in [3.8, 4) is 23.6 Å². The van der Waals surface area contributed by atoms with Crippen molar-refractivity contribution < 1.29 is 14.2 Å². The molecule has 0 bridgehead atoms. The van der Waals surface area contributed by atoms with E-state index in [1.54, 1.807) is 12.1 Å². The van der Waals surface area contributed by atoms with Crippen molar-refractivity contribution in [2.75, 3.05) is 13.2 Å². The van der Waals surface area contributed by atoms with Crippen LogP contribution in [0.5, 0.6) is 11.5 Å².